The Labute approximate surface area is 126 Å². The van der Waals surface area contributed by atoms with Gasteiger partial charge >= 0.3 is 0 Å². The van der Waals surface area contributed by atoms with Crippen molar-refractivity contribution in [1.82, 2.24) is 19.9 Å². The van der Waals surface area contributed by atoms with Crippen LogP contribution in [0.25, 0.3) is 0 Å². The van der Waals surface area contributed by atoms with E-state index in [1.54, 1.807) is 6.20 Å². The average molecular weight is 307 g/mol. The Balaban J connectivity index is 1.57. The molecule has 7 heteroatoms. The van der Waals surface area contributed by atoms with Crippen LogP contribution in [-0.2, 0) is 6.54 Å². The minimum Gasteiger partial charge on any atom is -0.350 e. The van der Waals surface area contributed by atoms with E-state index in [9.17, 15) is 9.59 Å². The summed E-state index contributed by atoms with van der Waals surface area (Å²) in [5, 5.41) is 2.81. The van der Waals surface area contributed by atoms with Crippen LogP contribution in [0.4, 0.5) is 0 Å². The number of carbonyl (C=O) groups excluding carboxylic acids is 1. The van der Waals surface area contributed by atoms with Crippen LogP contribution in [-0.4, -0.2) is 27.0 Å². The molecule has 6 nitrogen and oxygen atoms in total. The maximum absolute atomic E-state index is 12.0. The number of hydrogen-bond acceptors (Lipinski definition) is 3. The van der Waals surface area contributed by atoms with Gasteiger partial charge < -0.3 is 14.9 Å². The molecule has 0 spiro atoms. The molecule has 0 aromatic carbocycles. The van der Waals surface area contributed by atoms with Crippen LogP contribution in [0, 0.1) is 0 Å². The highest BCUT2D eigenvalue weighted by atomic mass is 35.5. The number of aromatic nitrogens is 3. The van der Waals surface area contributed by atoms with Crippen molar-refractivity contribution in [3.8, 4) is 0 Å². The molecule has 0 bridgehead atoms. The van der Waals surface area contributed by atoms with Crippen molar-refractivity contribution in [2.45, 2.75) is 25.3 Å². The third-order valence-electron chi connectivity index (χ3n) is 3.45. The molecule has 1 amide bonds. The van der Waals surface area contributed by atoms with E-state index in [1.165, 1.54) is 25.1 Å². The van der Waals surface area contributed by atoms with Gasteiger partial charge in [0.1, 0.15) is 10.8 Å². The van der Waals surface area contributed by atoms with Gasteiger partial charge in [0.05, 0.1) is 5.56 Å². The number of carbonyl (C=O) groups is 1. The van der Waals surface area contributed by atoms with E-state index in [0.717, 1.165) is 5.82 Å². The first-order chi connectivity index (χ1) is 10.1. The Hall–Kier alpha value is -2.08. The first-order valence-electron chi connectivity index (χ1n) is 6.82. The van der Waals surface area contributed by atoms with E-state index < -0.39 is 5.56 Å². The SMILES string of the molecule is O=C(NCCn1ccnc1C1CC1)c1c[nH]c(=O)c(Cl)c1. The monoisotopic (exact) mass is 306 g/mol. The fourth-order valence-corrected chi connectivity index (χ4v) is 2.36. The number of nitrogens with zero attached hydrogens (tertiary/aromatic N) is 2. The van der Waals surface area contributed by atoms with Gasteiger partial charge in [-0.3, -0.25) is 9.59 Å². The summed E-state index contributed by atoms with van der Waals surface area (Å²) in [6.45, 7) is 1.17. The predicted octanol–water partition coefficient (Wildman–Crippen LogP) is 1.53. The van der Waals surface area contributed by atoms with Crippen LogP contribution < -0.4 is 10.9 Å². The smallest absolute Gasteiger partial charge is 0.266 e. The number of halogens is 1. The summed E-state index contributed by atoms with van der Waals surface area (Å²) in [5.41, 5.74) is -0.0617. The quantitative estimate of drug-likeness (QED) is 0.879. The summed E-state index contributed by atoms with van der Waals surface area (Å²) in [7, 11) is 0. The zero-order valence-electron chi connectivity index (χ0n) is 11.3. The highest BCUT2D eigenvalue weighted by Gasteiger charge is 2.27. The third kappa shape index (κ3) is 3.16. The Morgan fingerprint density at radius 1 is 1.52 bits per heavy atom. The molecule has 0 aliphatic heterocycles. The predicted molar refractivity (Wildman–Crippen MR) is 78.6 cm³/mol. The van der Waals surface area contributed by atoms with Crippen LogP contribution in [0.2, 0.25) is 5.02 Å². The standard InChI is InChI=1S/C14H15ClN4O2/c15-11-7-10(8-18-14(11)21)13(20)17-4-6-19-5-3-16-12(19)9-1-2-9/h3,5,7-9H,1-2,4,6H2,(H,17,20)(H,18,21). The van der Waals surface area contributed by atoms with Gasteiger partial charge in [0.2, 0.25) is 0 Å². The molecule has 0 saturated heterocycles. The van der Waals surface area contributed by atoms with Crippen LogP contribution in [0.15, 0.2) is 29.5 Å². The topological polar surface area (TPSA) is 79.8 Å². The molecule has 21 heavy (non-hydrogen) atoms. The van der Waals surface area contributed by atoms with E-state index in [-0.39, 0.29) is 10.9 Å². The fourth-order valence-electron chi connectivity index (χ4n) is 2.19. The van der Waals surface area contributed by atoms with Crippen molar-refractivity contribution in [2.24, 2.45) is 0 Å². The largest absolute Gasteiger partial charge is 0.350 e. The van der Waals surface area contributed by atoms with E-state index >= 15 is 0 Å². The average Bonchev–Trinajstić information content (AvgIpc) is 3.21. The van der Waals surface area contributed by atoms with Crippen molar-refractivity contribution >= 4 is 17.5 Å². The molecule has 1 aliphatic carbocycles. The van der Waals surface area contributed by atoms with Gasteiger partial charge in [-0.2, -0.15) is 0 Å². The normalized spacial score (nSPS) is 14.1. The summed E-state index contributed by atoms with van der Waals surface area (Å²) in [4.78, 5) is 29.9. The van der Waals surface area contributed by atoms with E-state index in [1.807, 2.05) is 6.20 Å². The number of nitrogens with one attached hydrogen (secondary N) is 2. The molecule has 2 aromatic heterocycles. The van der Waals surface area contributed by atoms with Crippen molar-refractivity contribution in [3.63, 3.8) is 0 Å². The number of amides is 1. The van der Waals surface area contributed by atoms with E-state index in [2.05, 4.69) is 19.9 Å². The lowest BCUT2D eigenvalue weighted by Gasteiger charge is -2.08. The Morgan fingerprint density at radius 3 is 3.05 bits per heavy atom. The van der Waals surface area contributed by atoms with Gasteiger partial charge in [-0.25, -0.2) is 4.98 Å². The summed E-state index contributed by atoms with van der Waals surface area (Å²) >= 11 is 5.70. The minimum atomic E-state index is -0.402. The number of aromatic amines is 1. The third-order valence-corrected chi connectivity index (χ3v) is 3.73. The Bertz CT molecular complexity index is 718. The first-order valence-corrected chi connectivity index (χ1v) is 7.20. The summed E-state index contributed by atoms with van der Waals surface area (Å²) in [6, 6.07) is 1.36. The maximum atomic E-state index is 12.0. The molecule has 0 unspecified atom stereocenters. The van der Waals surface area contributed by atoms with E-state index in [0.29, 0.717) is 24.6 Å². The van der Waals surface area contributed by atoms with Crippen LogP contribution in [0.3, 0.4) is 0 Å². The minimum absolute atomic E-state index is 0.00767. The highest BCUT2D eigenvalue weighted by Crippen LogP contribution is 2.38. The molecular weight excluding hydrogens is 292 g/mol. The molecule has 110 valence electrons. The van der Waals surface area contributed by atoms with Crippen molar-refractivity contribution in [1.29, 1.82) is 0 Å². The number of pyridine rings is 1. The maximum Gasteiger partial charge on any atom is 0.266 e. The summed E-state index contributed by atoms with van der Waals surface area (Å²) in [6.07, 6.45) is 7.46. The zero-order chi connectivity index (χ0) is 14.8. The molecule has 1 saturated carbocycles. The van der Waals surface area contributed by atoms with Gasteiger partial charge in [0, 0.05) is 37.6 Å². The van der Waals surface area contributed by atoms with Crippen molar-refractivity contribution in [2.75, 3.05) is 6.54 Å². The number of hydrogen-bond donors (Lipinski definition) is 2. The lowest BCUT2D eigenvalue weighted by Crippen LogP contribution is -2.28. The lowest BCUT2D eigenvalue weighted by atomic mass is 10.2. The molecule has 2 heterocycles. The molecule has 0 radical (unpaired) electrons. The van der Waals surface area contributed by atoms with Crippen LogP contribution in [0.5, 0.6) is 0 Å². The summed E-state index contributed by atoms with van der Waals surface area (Å²) in [5.74, 6) is 1.41. The molecular formula is C14H15ClN4O2. The van der Waals surface area contributed by atoms with Crippen molar-refractivity contribution in [3.05, 3.63) is 51.4 Å². The first kappa shape index (κ1) is 13.9. The Morgan fingerprint density at radius 2 is 2.33 bits per heavy atom. The molecule has 0 atom stereocenters. The number of imidazole rings is 1. The molecule has 1 aliphatic rings. The Kier molecular flexibility index (Phi) is 3.79. The number of rotatable bonds is 5. The second kappa shape index (κ2) is 5.73. The summed E-state index contributed by atoms with van der Waals surface area (Å²) < 4.78 is 2.07. The molecule has 1 fully saturated rings. The molecule has 3 rings (SSSR count). The second-order valence-electron chi connectivity index (χ2n) is 5.07. The van der Waals surface area contributed by atoms with Gasteiger partial charge in [-0.15, -0.1) is 0 Å². The van der Waals surface area contributed by atoms with E-state index in [4.69, 9.17) is 11.6 Å². The van der Waals surface area contributed by atoms with Gasteiger partial charge in [0.25, 0.3) is 11.5 Å². The lowest BCUT2D eigenvalue weighted by molar-refractivity contribution is 0.0952. The van der Waals surface area contributed by atoms with Gasteiger partial charge in [-0.05, 0) is 18.9 Å². The molecule has 2 N–H and O–H groups in total. The molecule has 2 aromatic rings. The van der Waals surface area contributed by atoms with Gasteiger partial charge in [-0.1, -0.05) is 11.6 Å². The fraction of sp³-hybridized carbons (Fsp3) is 0.357. The highest BCUT2D eigenvalue weighted by molar-refractivity contribution is 6.30. The zero-order valence-corrected chi connectivity index (χ0v) is 12.1. The van der Waals surface area contributed by atoms with Crippen LogP contribution >= 0.6 is 11.6 Å². The van der Waals surface area contributed by atoms with Crippen molar-refractivity contribution < 1.29 is 4.79 Å². The number of H-pyrrole nitrogens is 1. The van der Waals surface area contributed by atoms with Gasteiger partial charge in [0.15, 0.2) is 0 Å². The van der Waals surface area contributed by atoms with Crippen LogP contribution in [0.1, 0.15) is 34.9 Å². The second-order valence-corrected chi connectivity index (χ2v) is 5.48.